The van der Waals surface area contributed by atoms with Crippen molar-refractivity contribution in [3.05, 3.63) is 0 Å². The number of quaternary nitrogens is 1. The highest BCUT2D eigenvalue weighted by Crippen LogP contribution is 2.25. The number of carbonyl (C=O) groups excluding carboxylic acids is 1. The Morgan fingerprint density at radius 2 is 0.795 bits per heavy atom. The first-order valence-electron chi connectivity index (χ1n) is 19.5. The smallest absolute Gasteiger partial charge is 0.172 e. The highest BCUT2D eigenvalue weighted by Gasteiger charge is 2.34. The zero-order chi connectivity index (χ0) is 32.7. The number of aliphatic hydroxyl groups is 1. The number of Topliss-reactive ketones (excluding diaryl/α,β-unsaturated/α-hetero) is 1. The van der Waals surface area contributed by atoms with E-state index in [4.69, 9.17) is 0 Å². The van der Waals surface area contributed by atoms with Crippen molar-refractivity contribution in [2.24, 2.45) is 0 Å². The van der Waals surface area contributed by atoms with Crippen LogP contribution in [0.2, 0.25) is 0 Å². The summed E-state index contributed by atoms with van der Waals surface area (Å²) in [5, 5.41) is 23.7. The number of hydrogen-bond donors (Lipinski definition) is 1. The van der Waals surface area contributed by atoms with Crippen LogP contribution in [-0.2, 0) is 4.79 Å². The predicted molar refractivity (Wildman–Crippen MR) is 195 cm³/mol. The van der Waals surface area contributed by atoms with Crippen LogP contribution in [0.5, 0.6) is 0 Å². The molecule has 0 aromatic rings. The van der Waals surface area contributed by atoms with E-state index in [-0.39, 0.29) is 17.0 Å². The van der Waals surface area contributed by atoms with Crippen LogP contribution >= 0.6 is 8.20 Å². The molecule has 0 aliphatic rings. The van der Waals surface area contributed by atoms with E-state index in [1.165, 1.54) is 154 Å². The van der Waals surface area contributed by atoms with Gasteiger partial charge in [-0.2, -0.15) is 0 Å². The molecule has 0 saturated carbocycles. The lowest BCUT2D eigenvalue weighted by Crippen LogP contribution is -2.51. The van der Waals surface area contributed by atoms with Gasteiger partial charge in [0, 0.05) is 6.42 Å². The van der Waals surface area contributed by atoms with Crippen LogP contribution in [0.3, 0.4) is 0 Å². The van der Waals surface area contributed by atoms with Crippen LogP contribution < -0.4 is 5.11 Å². The molecular weight excluding hydrogens is 561 g/mol. The van der Waals surface area contributed by atoms with Crippen molar-refractivity contribution in [2.75, 3.05) is 21.1 Å². The van der Waals surface area contributed by atoms with Crippen LogP contribution in [0, 0.1) is 0 Å². The minimum atomic E-state index is -1.06. The van der Waals surface area contributed by atoms with E-state index in [1.54, 1.807) is 0 Å². The molecule has 0 radical (unpaired) electrons. The molecule has 262 valence electrons. The first-order chi connectivity index (χ1) is 21.2. The second-order valence-electron chi connectivity index (χ2n) is 14.7. The summed E-state index contributed by atoms with van der Waals surface area (Å²) in [5.74, 6) is -0.465. The number of aliphatic hydroxyl groups excluding tert-OH is 1. The highest BCUT2D eigenvalue weighted by atomic mass is 31.1. The van der Waals surface area contributed by atoms with Gasteiger partial charge in [0.15, 0.2) is 17.7 Å². The first kappa shape index (κ1) is 43.7. The van der Waals surface area contributed by atoms with Gasteiger partial charge in [-0.05, 0) is 12.8 Å². The maximum Gasteiger partial charge on any atom is 0.172 e. The number of hydrogen-bond acceptors (Lipinski definition) is 3. The molecule has 4 nitrogen and oxygen atoms in total. The molecule has 0 bridgehead atoms. The average Bonchev–Trinajstić information content (AvgIpc) is 2.99. The Kier molecular flexibility index (Phi) is 31.1. The molecule has 0 saturated heterocycles. The standard InChI is InChI=1S/C39H78NO3P/c1-6-8-10-12-14-16-18-20-21-23-24-26-28-30-32-34-36(41)38(43)39(40(3,4)5)44-37(42)35-33-31-29-27-25-22-19-17-15-13-11-9-7-2/h38-39,43H,6-35H2,1-5H3. The van der Waals surface area contributed by atoms with Gasteiger partial charge in [-0.25, -0.2) is 0 Å². The summed E-state index contributed by atoms with van der Waals surface area (Å²) < 4.78 is 0.428. The number of nitrogens with zero attached hydrogens (tertiary/aromatic N) is 1. The second kappa shape index (κ2) is 31.3. The van der Waals surface area contributed by atoms with E-state index < -0.39 is 6.10 Å². The summed E-state index contributed by atoms with van der Waals surface area (Å²) in [6.07, 6.45) is 36.3. The predicted octanol–water partition coefficient (Wildman–Crippen LogP) is 11.1. The van der Waals surface area contributed by atoms with Gasteiger partial charge >= 0.3 is 0 Å². The molecule has 0 fully saturated rings. The summed E-state index contributed by atoms with van der Waals surface area (Å²) in [6, 6.07) is 0. The molecule has 0 amide bonds. The van der Waals surface area contributed by atoms with E-state index in [1.807, 2.05) is 21.1 Å². The van der Waals surface area contributed by atoms with Crippen LogP contribution in [-0.4, -0.2) is 53.9 Å². The van der Waals surface area contributed by atoms with E-state index in [0.29, 0.717) is 25.5 Å². The highest BCUT2D eigenvalue weighted by molar-refractivity contribution is 7.40. The molecule has 0 aromatic heterocycles. The van der Waals surface area contributed by atoms with Gasteiger partial charge < -0.3 is 14.7 Å². The van der Waals surface area contributed by atoms with Gasteiger partial charge in [0.25, 0.3) is 0 Å². The van der Waals surface area contributed by atoms with Crippen molar-refractivity contribution in [2.45, 2.75) is 218 Å². The lowest BCUT2D eigenvalue weighted by atomic mass is 10.0. The Morgan fingerprint density at radius 1 is 0.523 bits per heavy atom. The summed E-state index contributed by atoms with van der Waals surface area (Å²) in [5.41, 5.74) is 0.171. The average molecular weight is 640 g/mol. The molecule has 1 N–H and O–H groups in total. The summed E-state index contributed by atoms with van der Waals surface area (Å²) in [6.45, 7) is 4.55. The Labute approximate surface area is 277 Å². The SMILES string of the molecule is CCCCCCCCCCCCCCCCCC(=O)C(O)C(P=C([O-])CCCCCCCCCCCCCCC)[N+](C)(C)C. The van der Waals surface area contributed by atoms with E-state index in [2.05, 4.69) is 13.8 Å². The van der Waals surface area contributed by atoms with Crippen LogP contribution in [0.4, 0.5) is 0 Å². The molecule has 0 rings (SSSR count). The van der Waals surface area contributed by atoms with Crippen LogP contribution in [0.25, 0.3) is 0 Å². The van der Waals surface area contributed by atoms with Crippen molar-refractivity contribution in [3.8, 4) is 0 Å². The van der Waals surface area contributed by atoms with Crippen LogP contribution in [0.1, 0.15) is 206 Å². The molecule has 0 spiro atoms. The van der Waals surface area contributed by atoms with Crippen molar-refractivity contribution in [1.82, 2.24) is 0 Å². The van der Waals surface area contributed by atoms with Gasteiger partial charge in [0.2, 0.25) is 0 Å². The Balaban J connectivity index is 4.00. The number of unbranched alkanes of at least 4 members (excludes halogenated alkanes) is 26. The first-order valence-corrected chi connectivity index (χ1v) is 20.5. The molecule has 5 heteroatoms. The van der Waals surface area contributed by atoms with Gasteiger partial charge in [0.05, 0.1) is 21.1 Å². The van der Waals surface area contributed by atoms with Gasteiger partial charge in [-0.3, -0.25) is 4.79 Å². The van der Waals surface area contributed by atoms with Gasteiger partial charge in [-0.15, -0.1) is 5.48 Å². The maximum atomic E-state index is 12.9. The summed E-state index contributed by atoms with van der Waals surface area (Å²) in [7, 11) is 6.56. The minimum absolute atomic E-state index is 0.0843. The molecular formula is C39H78NO3P. The van der Waals surface area contributed by atoms with Gasteiger partial charge in [-0.1, -0.05) is 195 Å². The van der Waals surface area contributed by atoms with Crippen molar-refractivity contribution >= 4 is 19.5 Å². The largest absolute Gasteiger partial charge is 0.827 e. The Morgan fingerprint density at radius 3 is 1.09 bits per heavy atom. The zero-order valence-corrected chi connectivity index (χ0v) is 31.4. The fraction of sp³-hybridized carbons (Fsp3) is 0.949. The molecule has 2 unspecified atom stereocenters. The third-order valence-corrected chi connectivity index (χ3v) is 11.0. The van der Waals surface area contributed by atoms with E-state index in [0.717, 1.165) is 25.7 Å². The second-order valence-corrected chi connectivity index (χ2v) is 15.9. The monoisotopic (exact) mass is 640 g/mol. The van der Waals surface area contributed by atoms with Crippen LogP contribution in [0.15, 0.2) is 0 Å². The number of likely N-dealkylation sites (N-methyl/N-ethyl adjacent to an activating group) is 1. The quantitative estimate of drug-likeness (QED) is 0.0433. The fourth-order valence-electron chi connectivity index (χ4n) is 6.16. The van der Waals surface area contributed by atoms with Crippen molar-refractivity contribution < 1.29 is 19.5 Å². The molecule has 0 heterocycles. The number of carbonyl (C=O) groups is 1. The topological polar surface area (TPSA) is 60.4 Å². The zero-order valence-electron chi connectivity index (χ0n) is 30.5. The third-order valence-electron chi connectivity index (χ3n) is 9.20. The number of rotatable bonds is 34. The molecule has 2 atom stereocenters. The lowest BCUT2D eigenvalue weighted by molar-refractivity contribution is -0.883. The third kappa shape index (κ3) is 28.0. The summed E-state index contributed by atoms with van der Waals surface area (Å²) in [4.78, 5) is 12.9. The normalized spacial score (nSPS) is 13.8. The van der Waals surface area contributed by atoms with Crippen molar-refractivity contribution in [1.29, 1.82) is 0 Å². The van der Waals surface area contributed by atoms with E-state index >= 15 is 0 Å². The van der Waals surface area contributed by atoms with Gasteiger partial charge in [0.1, 0.15) is 0 Å². The summed E-state index contributed by atoms with van der Waals surface area (Å²) >= 11 is 0. The number of ketones is 1. The fourth-order valence-corrected chi connectivity index (χ4v) is 7.39. The molecule has 44 heavy (non-hydrogen) atoms. The minimum Gasteiger partial charge on any atom is -0.827 e. The molecule has 0 aromatic carbocycles. The Bertz CT molecular complexity index is 660. The van der Waals surface area contributed by atoms with Crippen molar-refractivity contribution in [3.63, 3.8) is 0 Å². The van der Waals surface area contributed by atoms with E-state index in [9.17, 15) is 15.0 Å². The molecule has 0 aliphatic heterocycles. The lowest BCUT2D eigenvalue weighted by Gasteiger charge is -2.35. The Hall–Kier alpha value is -0.280. The molecule has 0 aliphatic carbocycles. The maximum absolute atomic E-state index is 12.9.